The molecule has 0 saturated heterocycles. The molecule has 138 valence electrons. The Hall–Kier alpha value is -1.12. The Morgan fingerprint density at radius 3 is 2.35 bits per heavy atom. The number of hydrogen-bond donors (Lipinski definition) is 0. The Bertz CT molecular complexity index is 907. The van der Waals surface area contributed by atoms with Gasteiger partial charge in [-0.15, -0.1) is 22.7 Å². The molecule has 2 aromatic heterocycles. The van der Waals surface area contributed by atoms with Crippen LogP contribution in [0.3, 0.4) is 0 Å². The SMILES string of the molecule is CC(C)(C)c1cc2cc(CC(C)(C)c3cc4c(s3)CCCC4)ccc2s1. The fourth-order valence-electron chi connectivity index (χ4n) is 3.99. The van der Waals surface area contributed by atoms with Crippen LogP contribution in [0, 0.1) is 0 Å². The molecule has 0 N–H and O–H groups in total. The molecule has 2 heterocycles. The van der Waals surface area contributed by atoms with E-state index in [1.807, 2.05) is 11.3 Å². The van der Waals surface area contributed by atoms with E-state index >= 15 is 0 Å². The largest absolute Gasteiger partial charge is 0.145 e. The predicted octanol–water partition coefficient (Wildman–Crippen LogP) is 7.66. The highest BCUT2D eigenvalue weighted by molar-refractivity contribution is 7.19. The molecule has 3 aromatic rings. The molecule has 0 aliphatic heterocycles. The van der Waals surface area contributed by atoms with Crippen molar-refractivity contribution < 1.29 is 0 Å². The zero-order valence-electron chi connectivity index (χ0n) is 16.7. The van der Waals surface area contributed by atoms with Crippen molar-refractivity contribution in [3.8, 4) is 0 Å². The molecule has 4 rings (SSSR count). The lowest BCUT2D eigenvalue weighted by Gasteiger charge is -2.23. The molecule has 0 fully saturated rings. The molecular weight excluding hydrogens is 352 g/mol. The summed E-state index contributed by atoms with van der Waals surface area (Å²) in [6, 6.07) is 12.0. The first kappa shape index (κ1) is 18.3. The van der Waals surface area contributed by atoms with Crippen LogP contribution in [0.1, 0.15) is 73.2 Å². The Morgan fingerprint density at radius 1 is 0.846 bits per heavy atom. The van der Waals surface area contributed by atoms with Gasteiger partial charge in [0.1, 0.15) is 0 Å². The van der Waals surface area contributed by atoms with E-state index in [9.17, 15) is 0 Å². The van der Waals surface area contributed by atoms with E-state index < -0.39 is 0 Å². The molecule has 1 aliphatic rings. The van der Waals surface area contributed by atoms with Gasteiger partial charge < -0.3 is 0 Å². The topological polar surface area (TPSA) is 0 Å². The number of benzene rings is 1. The van der Waals surface area contributed by atoms with Crippen LogP contribution in [0.15, 0.2) is 30.3 Å². The molecule has 0 amide bonds. The number of aryl methyl sites for hydroxylation is 2. The minimum atomic E-state index is 0.207. The Balaban J connectivity index is 1.62. The van der Waals surface area contributed by atoms with E-state index in [-0.39, 0.29) is 10.8 Å². The summed E-state index contributed by atoms with van der Waals surface area (Å²) in [5.74, 6) is 0. The van der Waals surface area contributed by atoms with Crippen LogP contribution >= 0.6 is 22.7 Å². The van der Waals surface area contributed by atoms with Gasteiger partial charge in [-0.3, -0.25) is 0 Å². The fraction of sp³-hybridized carbons (Fsp3) is 0.500. The molecule has 0 radical (unpaired) electrons. The third-order valence-electron chi connectivity index (χ3n) is 5.63. The van der Waals surface area contributed by atoms with Crippen LogP contribution in [-0.2, 0) is 30.1 Å². The maximum absolute atomic E-state index is 2.51. The van der Waals surface area contributed by atoms with E-state index in [1.165, 1.54) is 46.2 Å². The first-order chi connectivity index (χ1) is 12.2. The van der Waals surface area contributed by atoms with Gasteiger partial charge in [0.15, 0.2) is 0 Å². The number of rotatable bonds is 3. The summed E-state index contributed by atoms with van der Waals surface area (Å²) in [6.45, 7) is 11.8. The van der Waals surface area contributed by atoms with Gasteiger partial charge in [-0.25, -0.2) is 0 Å². The highest BCUT2D eigenvalue weighted by Crippen LogP contribution is 2.39. The molecule has 26 heavy (non-hydrogen) atoms. The first-order valence-corrected chi connectivity index (χ1v) is 11.5. The molecular formula is C24H30S2. The van der Waals surface area contributed by atoms with Crippen molar-refractivity contribution in [2.75, 3.05) is 0 Å². The van der Waals surface area contributed by atoms with E-state index in [4.69, 9.17) is 0 Å². The maximum atomic E-state index is 2.51. The highest BCUT2D eigenvalue weighted by Gasteiger charge is 2.26. The Labute approximate surface area is 166 Å². The Morgan fingerprint density at radius 2 is 1.62 bits per heavy atom. The lowest BCUT2D eigenvalue weighted by molar-refractivity contribution is 0.533. The molecule has 0 nitrogen and oxygen atoms in total. The monoisotopic (exact) mass is 382 g/mol. The van der Waals surface area contributed by atoms with Gasteiger partial charge in [0.2, 0.25) is 0 Å². The second-order valence-electron chi connectivity index (χ2n) is 9.56. The summed E-state index contributed by atoms with van der Waals surface area (Å²) >= 11 is 4.02. The van der Waals surface area contributed by atoms with Gasteiger partial charge in [0, 0.05) is 24.7 Å². The van der Waals surface area contributed by atoms with E-state index in [0.717, 1.165) is 6.42 Å². The average molecular weight is 383 g/mol. The van der Waals surface area contributed by atoms with Crippen molar-refractivity contribution in [3.05, 3.63) is 56.1 Å². The van der Waals surface area contributed by atoms with Crippen molar-refractivity contribution in [1.82, 2.24) is 0 Å². The lowest BCUT2D eigenvalue weighted by atomic mass is 9.83. The number of hydrogen-bond acceptors (Lipinski definition) is 2. The van der Waals surface area contributed by atoms with Gasteiger partial charge in [-0.05, 0) is 72.2 Å². The number of thiophene rings is 2. The van der Waals surface area contributed by atoms with Gasteiger partial charge >= 0.3 is 0 Å². The van der Waals surface area contributed by atoms with Crippen molar-refractivity contribution >= 4 is 32.8 Å². The van der Waals surface area contributed by atoms with Gasteiger partial charge in [0.25, 0.3) is 0 Å². The standard InChI is InChI=1S/C24H30S2/c1-23(2,3)21-14-18-12-16(10-11-20(18)25-21)15-24(4,5)22-13-17-8-6-7-9-19(17)26-22/h10-14H,6-9,15H2,1-5H3. The molecule has 0 atom stereocenters. The van der Waals surface area contributed by atoms with Crippen molar-refractivity contribution in [3.63, 3.8) is 0 Å². The highest BCUT2D eigenvalue weighted by atomic mass is 32.1. The minimum absolute atomic E-state index is 0.207. The van der Waals surface area contributed by atoms with E-state index in [2.05, 4.69) is 76.3 Å². The summed E-state index contributed by atoms with van der Waals surface area (Å²) in [7, 11) is 0. The maximum Gasteiger partial charge on any atom is 0.0346 e. The van der Waals surface area contributed by atoms with Crippen LogP contribution < -0.4 is 0 Å². The molecule has 0 unspecified atom stereocenters. The summed E-state index contributed by atoms with van der Waals surface area (Å²) in [5.41, 5.74) is 3.54. The van der Waals surface area contributed by atoms with Gasteiger partial charge in [-0.1, -0.05) is 46.8 Å². The zero-order chi connectivity index (χ0) is 18.5. The first-order valence-electron chi connectivity index (χ1n) is 9.87. The van der Waals surface area contributed by atoms with Crippen molar-refractivity contribution in [1.29, 1.82) is 0 Å². The van der Waals surface area contributed by atoms with Gasteiger partial charge in [-0.2, -0.15) is 0 Å². The van der Waals surface area contributed by atoms with Crippen LogP contribution in [-0.4, -0.2) is 0 Å². The van der Waals surface area contributed by atoms with Crippen LogP contribution in [0.4, 0.5) is 0 Å². The fourth-order valence-corrected chi connectivity index (χ4v) is 6.45. The van der Waals surface area contributed by atoms with E-state index in [1.54, 1.807) is 15.3 Å². The van der Waals surface area contributed by atoms with Crippen LogP contribution in [0.5, 0.6) is 0 Å². The molecule has 1 aliphatic carbocycles. The predicted molar refractivity (Wildman–Crippen MR) is 118 cm³/mol. The van der Waals surface area contributed by atoms with Crippen molar-refractivity contribution in [2.45, 2.75) is 77.6 Å². The average Bonchev–Trinajstić information content (AvgIpc) is 3.18. The zero-order valence-corrected chi connectivity index (χ0v) is 18.4. The Kier molecular flexibility index (Phi) is 4.56. The van der Waals surface area contributed by atoms with Crippen LogP contribution in [0.2, 0.25) is 0 Å². The third-order valence-corrected chi connectivity index (χ3v) is 8.77. The summed E-state index contributed by atoms with van der Waals surface area (Å²) < 4.78 is 1.42. The second-order valence-corrected chi connectivity index (χ2v) is 11.8. The lowest BCUT2D eigenvalue weighted by Crippen LogP contribution is -2.18. The summed E-state index contributed by atoms with van der Waals surface area (Å²) in [4.78, 5) is 4.71. The minimum Gasteiger partial charge on any atom is -0.145 e. The smallest absolute Gasteiger partial charge is 0.0346 e. The van der Waals surface area contributed by atoms with E-state index in [0.29, 0.717) is 0 Å². The molecule has 0 spiro atoms. The third kappa shape index (κ3) is 3.51. The van der Waals surface area contributed by atoms with Gasteiger partial charge in [0.05, 0.1) is 0 Å². The molecule has 1 aromatic carbocycles. The molecule has 0 saturated carbocycles. The quantitative estimate of drug-likeness (QED) is 0.436. The van der Waals surface area contributed by atoms with Crippen molar-refractivity contribution in [2.24, 2.45) is 0 Å². The molecule has 2 heteroatoms. The number of fused-ring (bicyclic) bond motifs is 2. The second kappa shape index (κ2) is 6.49. The summed E-state index contributed by atoms with van der Waals surface area (Å²) in [6.07, 6.45) is 6.45. The normalized spacial score (nSPS) is 15.4. The summed E-state index contributed by atoms with van der Waals surface area (Å²) in [5, 5.41) is 1.42. The molecule has 0 bridgehead atoms. The van der Waals surface area contributed by atoms with Crippen LogP contribution in [0.25, 0.3) is 10.1 Å².